The van der Waals surface area contributed by atoms with Gasteiger partial charge >= 0.3 is 0 Å². The summed E-state index contributed by atoms with van der Waals surface area (Å²) in [6, 6.07) is 11.5. The first-order valence-corrected chi connectivity index (χ1v) is 5.59. The van der Waals surface area contributed by atoms with Crippen LogP contribution in [0.1, 0.15) is 0 Å². The molecule has 1 N–H and O–H groups in total. The summed E-state index contributed by atoms with van der Waals surface area (Å²) in [5.74, 6) is -0.163. The van der Waals surface area contributed by atoms with Gasteiger partial charge in [-0.2, -0.15) is 0 Å². The van der Waals surface area contributed by atoms with E-state index >= 15 is 0 Å². The van der Waals surface area contributed by atoms with Crippen LogP contribution in [-0.4, -0.2) is 24.6 Å². The molecule has 4 nitrogen and oxygen atoms in total. The van der Waals surface area contributed by atoms with Crippen LogP contribution in [-0.2, 0) is 9.53 Å². The first kappa shape index (κ1) is 12.3. The molecule has 1 amide bonds. The number of benzene rings is 1. The Morgan fingerprint density at radius 1 is 1.22 bits per heavy atom. The number of methoxy groups -OCH3 is 1. The van der Waals surface area contributed by atoms with Crippen LogP contribution in [0.3, 0.4) is 0 Å². The second-order valence-electron chi connectivity index (χ2n) is 3.80. The summed E-state index contributed by atoms with van der Waals surface area (Å²) in [4.78, 5) is 15.4. The summed E-state index contributed by atoms with van der Waals surface area (Å²) in [6.07, 6.45) is 3.48. The first-order valence-electron chi connectivity index (χ1n) is 5.59. The van der Waals surface area contributed by atoms with E-state index in [2.05, 4.69) is 10.3 Å². The van der Waals surface area contributed by atoms with Crippen LogP contribution < -0.4 is 5.32 Å². The van der Waals surface area contributed by atoms with E-state index in [-0.39, 0.29) is 12.5 Å². The molecular formula is C14H14N2O2. The molecule has 2 aromatic rings. The van der Waals surface area contributed by atoms with Gasteiger partial charge in [0, 0.05) is 25.2 Å². The second-order valence-corrected chi connectivity index (χ2v) is 3.80. The molecule has 0 fully saturated rings. The molecule has 2 rings (SSSR count). The van der Waals surface area contributed by atoms with Gasteiger partial charge in [-0.3, -0.25) is 9.78 Å². The van der Waals surface area contributed by atoms with Gasteiger partial charge in [0.25, 0.3) is 0 Å². The maximum Gasteiger partial charge on any atom is 0.250 e. The Morgan fingerprint density at radius 2 is 2.00 bits per heavy atom. The summed E-state index contributed by atoms with van der Waals surface area (Å²) < 4.78 is 4.77. The highest BCUT2D eigenvalue weighted by Gasteiger charge is 2.03. The topological polar surface area (TPSA) is 51.2 Å². The molecule has 0 aliphatic rings. The van der Waals surface area contributed by atoms with Crippen LogP contribution in [0.25, 0.3) is 11.1 Å². The Hall–Kier alpha value is -2.20. The summed E-state index contributed by atoms with van der Waals surface area (Å²) in [5.41, 5.74) is 2.85. The zero-order chi connectivity index (χ0) is 12.8. The van der Waals surface area contributed by atoms with Gasteiger partial charge in [0.1, 0.15) is 6.61 Å². The van der Waals surface area contributed by atoms with Gasteiger partial charge in [0.2, 0.25) is 5.91 Å². The van der Waals surface area contributed by atoms with E-state index in [1.807, 2.05) is 36.4 Å². The fourth-order valence-electron chi connectivity index (χ4n) is 1.65. The number of hydrogen-bond acceptors (Lipinski definition) is 3. The summed E-state index contributed by atoms with van der Waals surface area (Å²) in [6.45, 7) is 0.0550. The van der Waals surface area contributed by atoms with Crippen LogP contribution in [0.15, 0.2) is 48.8 Å². The molecule has 0 unspecified atom stereocenters. The van der Waals surface area contributed by atoms with E-state index in [1.54, 1.807) is 12.4 Å². The molecule has 1 aromatic carbocycles. The lowest BCUT2D eigenvalue weighted by Gasteiger charge is -2.07. The molecule has 0 saturated heterocycles. The molecule has 1 aromatic heterocycles. The van der Waals surface area contributed by atoms with Gasteiger partial charge in [0.05, 0.1) is 0 Å². The average molecular weight is 242 g/mol. The van der Waals surface area contributed by atoms with E-state index in [4.69, 9.17) is 4.74 Å². The van der Waals surface area contributed by atoms with Gasteiger partial charge < -0.3 is 10.1 Å². The molecule has 0 bridgehead atoms. The normalized spacial score (nSPS) is 10.1. The maximum atomic E-state index is 11.4. The molecule has 0 spiro atoms. The number of rotatable bonds is 4. The Kier molecular flexibility index (Phi) is 4.04. The highest BCUT2D eigenvalue weighted by atomic mass is 16.5. The number of nitrogens with one attached hydrogen (secondary N) is 1. The fraction of sp³-hybridized carbons (Fsp3) is 0.143. The van der Waals surface area contributed by atoms with E-state index < -0.39 is 0 Å². The monoisotopic (exact) mass is 242 g/mol. The highest BCUT2D eigenvalue weighted by Crippen LogP contribution is 2.21. The Labute approximate surface area is 106 Å². The minimum Gasteiger partial charge on any atom is -0.375 e. The van der Waals surface area contributed by atoms with Crippen molar-refractivity contribution >= 4 is 11.6 Å². The van der Waals surface area contributed by atoms with Gasteiger partial charge in [-0.15, -0.1) is 0 Å². The molecule has 4 heteroatoms. The maximum absolute atomic E-state index is 11.4. The van der Waals surface area contributed by atoms with Gasteiger partial charge in [-0.05, 0) is 35.4 Å². The SMILES string of the molecule is COCC(=O)Nc1cccc(-c2ccncc2)c1. The van der Waals surface area contributed by atoms with E-state index in [9.17, 15) is 4.79 Å². The van der Waals surface area contributed by atoms with E-state index in [0.717, 1.165) is 16.8 Å². The van der Waals surface area contributed by atoms with Crippen LogP contribution in [0, 0.1) is 0 Å². The third-order valence-electron chi connectivity index (χ3n) is 2.44. The molecule has 0 radical (unpaired) electrons. The Bertz CT molecular complexity index is 526. The quantitative estimate of drug-likeness (QED) is 0.895. The van der Waals surface area contributed by atoms with Gasteiger partial charge in [-0.1, -0.05) is 12.1 Å². The third-order valence-corrected chi connectivity index (χ3v) is 2.44. The number of nitrogens with zero attached hydrogens (tertiary/aromatic N) is 1. The minimum atomic E-state index is -0.163. The predicted molar refractivity (Wildman–Crippen MR) is 70.2 cm³/mol. The summed E-state index contributed by atoms with van der Waals surface area (Å²) in [7, 11) is 1.49. The predicted octanol–water partition coefficient (Wildman–Crippen LogP) is 2.33. The number of carbonyl (C=O) groups excluding carboxylic acids is 1. The molecule has 0 saturated carbocycles. The number of hydrogen-bond donors (Lipinski definition) is 1. The molecule has 1 heterocycles. The van der Waals surface area contributed by atoms with Crippen LogP contribution in [0.2, 0.25) is 0 Å². The second kappa shape index (κ2) is 5.93. The van der Waals surface area contributed by atoms with Gasteiger partial charge in [-0.25, -0.2) is 0 Å². The standard InChI is InChI=1S/C14H14N2O2/c1-18-10-14(17)16-13-4-2-3-12(9-13)11-5-7-15-8-6-11/h2-9H,10H2,1H3,(H,16,17). The fourth-order valence-corrected chi connectivity index (χ4v) is 1.65. The van der Waals surface area contributed by atoms with Crippen molar-refractivity contribution in [2.45, 2.75) is 0 Å². The Morgan fingerprint density at radius 3 is 2.72 bits per heavy atom. The van der Waals surface area contributed by atoms with Crippen LogP contribution in [0.5, 0.6) is 0 Å². The smallest absolute Gasteiger partial charge is 0.250 e. The van der Waals surface area contributed by atoms with Crippen molar-refractivity contribution in [3.05, 3.63) is 48.8 Å². The number of carbonyl (C=O) groups is 1. The van der Waals surface area contributed by atoms with E-state index in [1.165, 1.54) is 7.11 Å². The number of ether oxygens (including phenoxy) is 1. The Balaban J connectivity index is 2.18. The van der Waals surface area contributed by atoms with Crippen molar-refractivity contribution in [3.8, 4) is 11.1 Å². The lowest BCUT2D eigenvalue weighted by molar-refractivity contribution is -0.119. The molecule has 0 atom stereocenters. The number of aromatic nitrogens is 1. The van der Waals surface area contributed by atoms with E-state index in [0.29, 0.717) is 0 Å². The number of amides is 1. The minimum absolute atomic E-state index is 0.0550. The third kappa shape index (κ3) is 3.15. The molecule has 0 aliphatic heterocycles. The largest absolute Gasteiger partial charge is 0.375 e. The van der Waals surface area contributed by atoms with Crippen molar-refractivity contribution < 1.29 is 9.53 Å². The van der Waals surface area contributed by atoms with Crippen molar-refractivity contribution in [2.75, 3.05) is 19.0 Å². The summed E-state index contributed by atoms with van der Waals surface area (Å²) >= 11 is 0. The number of pyridine rings is 1. The van der Waals surface area contributed by atoms with Crippen molar-refractivity contribution in [1.29, 1.82) is 0 Å². The average Bonchev–Trinajstić information content (AvgIpc) is 2.40. The van der Waals surface area contributed by atoms with Crippen LogP contribution >= 0.6 is 0 Å². The van der Waals surface area contributed by atoms with Crippen molar-refractivity contribution in [1.82, 2.24) is 4.98 Å². The molecule has 92 valence electrons. The summed E-state index contributed by atoms with van der Waals surface area (Å²) in [5, 5.41) is 2.77. The molecular weight excluding hydrogens is 228 g/mol. The zero-order valence-corrected chi connectivity index (χ0v) is 10.1. The zero-order valence-electron chi connectivity index (χ0n) is 10.1. The highest BCUT2D eigenvalue weighted by molar-refractivity contribution is 5.92. The molecule has 0 aliphatic carbocycles. The number of anilines is 1. The van der Waals surface area contributed by atoms with Crippen molar-refractivity contribution in [2.24, 2.45) is 0 Å². The van der Waals surface area contributed by atoms with Gasteiger partial charge in [0.15, 0.2) is 0 Å². The van der Waals surface area contributed by atoms with Crippen LogP contribution in [0.4, 0.5) is 5.69 Å². The first-order chi connectivity index (χ1) is 8.79. The van der Waals surface area contributed by atoms with Crippen molar-refractivity contribution in [3.63, 3.8) is 0 Å². The lowest BCUT2D eigenvalue weighted by Crippen LogP contribution is -2.16. The molecule has 18 heavy (non-hydrogen) atoms. The lowest BCUT2D eigenvalue weighted by atomic mass is 10.1.